The number of carbonyl (C=O) groups excluding carboxylic acids is 1. The highest BCUT2D eigenvalue weighted by molar-refractivity contribution is 5.91. The molecule has 120 valence electrons. The smallest absolute Gasteiger partial charge is 0.262 e. The zero-order valence-electron chi connectivity index (χ0n) is 13.0. The minimum absolute atomic E-state index is 0.0217. The van der Waals surface area contributed by atoms with Crippen LogP contribution in [0.3, 0.4) is 0 Å². The number of carbonyl (C=O) groups is 1. The van der Waals surface area contributed by atoms with Gasteiger partial charge in [-0.15, -0.1) is 0 Å². The van der Waals surface area contributed by atoms with Gasteiger partial charge in [0.05, 0.1) is 11.9 Å². The molecule has 1 aliphatic carbocycles. The Hall–Kier alpha value is -2.56. The van der Waals surface area contributed by atoms with Crippen LogP contribution in [0.1, 0.15) is 25.7 Å². The molecular formula is C18H21N3O2. The summed E-state index contributed by atoms with van der Waals surface area (Å²) in [6.45, 7) is -0.0217. The topological polar surface area (TPSA) is 63.2 Å². The van der Waals surface area contributed by atoms with E-state index in [1.54, 1.807) is 6.20 Å². The Morgan fingerprint density at radius 3 is 2.61 bits per heavy atom. The first-order valence-corrected chi connectivity index (χ1v) is 8.00. The zero-order valence-corrected chi connectivity index (χ0v) is 13.0. The number of anilines is 2. The summed E-state index contributed by atoms with van der Waals surface area (Å²) >= 11 is 0. The summed E-state index contributed by atoms with van der Waals surface area (Å²) in [5, 5.41) is 6.20. The number of pyridine rings is 1. The van der Waals surface area contributed by atoms with E-state index in [0.717, 1.165) is 5.82 Å². The van der Waals surface area contributed by atoms with Crippen LogP contribution >= 0.6 is 0 Å². The fourth-order valence-electron chi connectivity index (χ4n) is 2.70. The normalized spacial score (nSPS) is 14.4. The van der Waals surface area contributed by atoms with Crippen LogP contribution in [-0.4, -0.2) is 23.5 Å². The van der Waals surface area contributed by atoms with Crippen LogP contribution in [-0.2, 0) is 4.79 Å². The molecule has 1 fully saturated rings. The van der Waals surface area contributed by atoms with Crippen molar-refractivity contribution in [1.29, 1.82) is 0 Å². The number of amides is 1. The number of aromatic nitrogens is 1. The number of ether oxygens (including phenoxy) is 1. The second-order valence-electron chi connectivity index (χ2n) is 5.71. The molecule has 1 heterocycles. The van der Waals surface area contributed by atoms with Crippen LogP contribution in [0, 0.1) is 0 Å². The number of hydrogen-bond acceptors (Lipinski definition) is 4. The highest BCUT2D eigenvalue weighted by atomic mass is 16.5. The van der Waals surface area contributed by atoms with Crippen molar-refractivity contribution in [2.75, 3.05) is 17.2 Å². The number of nitrogens with one attached hydrogen (secondary N) is 2. The van der Waals surface area contributed by atoms with E-state index < -0.39 is 0 Å². The first-order valence-electron chi connectivity index (χ1n) is 8.00. The first-order chi connectivity index (χ1) is 11.3. The summed E-state index contributed by atoms with van der Waals surface area (Å²) in [5.41, 5.74) is 0.670. The summed E-state index contributed by atoms with van der Waals surface area (Å²) in [7, 11) is 0. The third-order valence-electron chi connectivity index (χ3n) is 3.87. The van der Waals surface area contributed by atoms with Crippen LogP contribution in [0.5, 0.6) is 5.75 Å². The lowest BCUT2D eigenvalue weighted by molar-refractivity contribution is -0.118. The molecule has 1 aliphatic rings. The lowest BCUT2D eigenvalue weighted by Gasteiger charge is -2.13. The van der Waals surface area contributed by atoms with Crippen molar-refractivity contribution < 1.29 is 9.53 Å². The molecule has 0 bridgehead atoms. The van der Waals surface area contributed by atoms with Crippen molar-refractivity contribution in [3.8, 4) is 5.75 Å². The van der Waals surface area contributed by atoms with E-state index in [0.29, 0.717) is 17.5 Å². The van der Waals surface area contributed by atoms with Crippen molar-refractivity contribution in [3.05, 3.63) is 48.7 Å². The van der Waals surface area contributed by atoms with Crippen LogP contribution in [0.25, 0.3) is 0 Å². The lowest BCUT2D eigenvalue weighted by Crippen LogP contribution is -2.20. The van der Waals surface area contributed by atoms with E-state index in [1.807, 2.05) is 42.5 Å². The Balaban J connectivity index is 1.46. The quantitative estimate of drug-likeness (QED) is 0.857. The fourth-order valence-corrected chi connectivity index (χ4v) is 2.70. The van der Waals surface area contributed by atoms with Gasteiger partial charge in [-0.25, -0.2) is 4.98 Å². The van der Waals surface area contributed by atoms with E-state index >= 15 is 0 Å². The molecule has 0 spiro atoms. The summed E-state index contributed by atoms with van der Waals surface area (Å²) in [5.74, 6) is 1.33. The van der Waals surface area contributed by atoms with Crippen LogP contribution < -0.4 is 15.4 Å². The molecule has 23 heavy (non-hydrogen) atoms. The van der Waals surface area contributed by atoms with Gasteiger partial charge in [-0.1, -0.05) is 31.0 Å². The standard InChI is InChI=1S/C18H21N3O2/c22-18(13-23-16-8-2-1-3-9-16)21-15-10-11-17(19-12-15)20-14-6-4-5-7-14/h1-3,8-12,14H,4-7,13H2,(H,19,20)(H,21,22). The highest BCUT2D eigenvalue weighted by Crippen LogP contribution is 2.21. The third-order valence-corrected chi connectivity index (χ3v) is 3.87. The average molecular weight is 311 g/mol. The number of nitrogens with zero attached hydrogens (tertiary/aromatic N) is 1. The highest BCUT2D eigenvalue weighted by Gasteiger charge is 2.14. The minimum Gasteiger partial charge on any atom is -0.484 e. The maximum Gasteiger partial charge on any atom is 0.262 e. The van der Waals surface area contributed by atoms with Gasteiger partial charge in [-0.05, 0) is 37.1 Å². The second kappa shape index (κ2) is 7.63. The SMILES string of the molecule is O=C(COc1ccccc1)Nc1ccc(NC2CCCC2)nc1. The summed E-state index contributed by atoms with van der Waals surface area (Å²) in [6, 6.07) is 13.6. The molecule has 2 N–H and O–H groups in total. The lowest BCUT2D eigenvalue weighted by atomic mass is 10.2. The van der Waals surface area contributed by atoms with Crippen molar-refractivity contribution in [3.63, 3.8) is 0 Å². The molecule has 1 aromatic carbocycles. The Bertz CT molecular complexity index is 622. The van der Waals surface area contributed by atoms with E-state index in [1.165, 1.54) is 25.7 Å². The Labute approximate surface area is 136 Å². The summed E-state index contributed by atoms with van der Waals surface area (Å²) in [4.78, 5) is 16.2. The summed E-state index contributed by atoms with van der Waals surface area (Å²) < 4.78 is 5.41. The molecule has 1 amide bonds. The van der Waals surface area contributed by atoms with Gasteiger partial charge < -0.3 is 15.4 Å². The van der Waals surface area contributed by atoms with E-state index in [9.17, 15) is 4.79 Å². The third kappa shape index (κ3) is 4.71. The van der Waals surface area contributed by atoms with E-state index in [-0.39, 0.29) is 12.5 Å². The summed E-state index contributed by atoms with van der Waals surface area (Å²) in [6.07, 6.45) is 6.64. The van der Waals surface area contributed by atoms with Crippen LogP contribution in [0.2, 0.25) is 0 Å². The van der Waals surface area contributed by atoms with Gasteiger partial charge in [-0.3, -0.25) is 4.79 Å². The Morgan fingerprint density at radius 1 is 1.13 bits per heavy atom. The molecule has 1 aromatic heterocycles. The molecule has 3 rings (SSSR count). The second-order valence-corrected chi connectivity index (χ2v) is 5.71. The van der Waals surface area contributed by atoms with Crippen LogP contribution in [0.4, 0.5) is 11.5 Å². The predicted octanol–water partition coefficient (Wildman–Crippen LogP) is 3.45. The largest absolute Gasteiger partial charge is 0.484 e. The predicted molar refractivity (Wildman–Crippen MR) is 90.7 cm³/mol. The van der Waals surface area contributed by atoms with Gasteiger partial charge in [0, 0.05) is 6.04 Å². The average Bonchev–Trinajstić information content (AvgIpc) is 3.09. The van der Waals surface area contributed by atoms with Gasteiger partial charge in [0.25, 0.3) is 5.91 Å². The maximum atomic E-state index is 11.9. The molecule has 0 unspecified atom stereocenters. The van der Waals surface area contributed by atoms with Gasteiger partial charge in [0.1, 0.15) is 11.6 Å². The van der Waals surface area contributed by atoms with Crippen LogP contribution in [0.15, 0.2) is 48.7 Å². The maximum absolute atomic E-state index is 11.9. The molecule has 0 aliphatic heterocycles. The first kappa shape index (κ1) is 15.3. The van der Waals surface area contributed by atoms with Crippen molar-refractivity contribution >= 4 is 17.4 Å². The molecule has 5 nitrogen and oxygen atoms in total. The van der Waals surface area contributed by atoms with Crippen molar-refractivity contribution in [2.24, 2.45) is 0 Å². The van der Waals surface area contributed by atoms with E-state index in [4.69, 9.17) is 4.74 Å². The number of rotatable bonds is 6. The van der Waals surface area contributed by atoms with Gasteiger partial charge in [-0.2, -0.15) is 0 Å². The van der Waals surface area contributed by atoms with E-state index in [2.05, 4.69) is 15.6 Å². The Morgan fingerprint density at radius 2 is 1.91 bits per heavy atom. The van der Waals surface area contributed by atoms with Gasteiger partial charge >= 0.3 is 0 Å². The van der Waals surface area contributed by atoms with Gasteiger partial charge in [0.2, 0.25) is 0 Å². The van der Waals surface area contributed by atoms with Gasteiger partial charge in [0.15, 0.2) is 6.61 Å². The number of hydrogen-bond donors (Lipinski definition) is 2. The molecule has 2 aromatic rings. The molecule has 0 radical (unpaired) electrons. The molecule has 0 saturated heterocycles. The van der Waals surface area contributed by atoms with Crippen molar-refractivity contribution in [2.45, 2.75) is 31.7 Å². The Kier molecular flexibility index (Phi) is 5.09. The molecule has 0 atom stereocenters. The minimum atomic E-state index is -0.202. The number of benzene rings is 1. The fraction of sp³-hybridized carbons (Fsp3) is 0.333. The van der Waals surface area contributed by atoms with Crippen molar-refractivity contribution in [1.82, 2.24) is 4.98 Å². The monoisotopic (exact) mass is 311 g/mol. The zero-order chi connectivity index (χ0) is 15.9. The molecule has 5 heteroatoms. The molecular weight excluding hydrogens is 290 g/mol. The number of para-hydroxylation sites is 1. The molecule has 1 saturated carbocycles.